The van der Waals surface area contributed by atoms with E-state index in [1.165, 1.54) is 17.2 Å². The molecule has 0 aliphatic carbocycles. The number of carbonyl (C=O) groups is 2. The SMILES string of the molecule is O=C(c1ccco1)N1CCC(F)(C(=O)NCc2ccccc2)C1. The second-order valence-corrected chi connectivity index (χ2v) is 5.59. The van der Waals surface area contributed by atoms with Gasteiger partial charge in [0.05, 0.1) is 12.8 Å². The van der Waals surface area contributed by atoms with Gasteiger partial charge in [0.15, 0.2) is 5.76 Å². The van der Waals surface area contributed by atoms with E-state index < -0.39 is 17.5 Å². The molecule has 2 amide bonds. The lowest BCUT2D eigenvalue weighted by Gasteiger charge is -2.20. The number of hydrogen-bond acceptors (Lipinski definition) is 3. The lowest BCUT2D eigenvalue weighted by molar-refractivity contribution is -0.132. The number of hydrogen-bond donors (Lipinski definition) is 1. The van der Waals surface area contributed by atoms with Crippen molar-refractivity contribution in [2.24, 2.45) is 0 Å². The normalized spacial score (nSPS) is 20.5. The Balaban J connectivity index is 1.59. The van der Waals surface area contributed by atoms with Crippen LogP contribution in [0.3, 0.4) is 0 Å². The first-order valence-corrected chi connectivity index (χ1v) is 7.42. The van der Waals surface area contributed by atoms with E-state index in [4.69, 9.17) is 4.42 Å². The number of carbonyl (C=O) groups excluding carboxylic acids is 2. The fourth-order valence-corrected chi connectivity index (χ4v) is 2.62. The maximum atomic E-state index is 14.8. The van der Waals surface area contributed by atoms with Gasteiger partial charge in [0.1, 0.15) is 0 Å². The van der Waals surface area contributed by atoms with Crippen LogP contribution in [0.2, 0.25) is 0 Å². The van der Waals surface area contributed by atoms with Gasteiger partial charge in [-0.25, -0.2) is 4.39 Å². The lowest BCUT2D eigenvalue weighted by atomic mass is 10.0. The predicted octanol–water partition coefficient (Wildman–Crippen LogP) is 2.15. The Labute approximate surface area is 133 Å². The molecule has 1 aromatic carbocycles. The molecule has 3 rings (SSSR count). The third kappa shape index (κ3) is 3.26. The number of alkyl halides is 1. The third-order valence-corrected chi connectivity index (χ3v) is 3.94. The summed E-state index contributed by atoms with van der Waals surface area (Å²) in [6.45, 7) is 0.194. The van der Waals surface area contributed by atoms with Crippen molar-refractivity contribution in [3.63, 3.8) is 0 Å². The highest BCUT2D eigenvalue weighted by molar-refractivity contribution is 5.93. The molecule has 1 saturated heterocycles. The number of likely N-dealkylation sites (tertiary alicyclic amines) is 1. The topological polar surface area (TPSA) is 62.6 Å². The molecule has 5 nitrogen and oxygen atoms in total. The standard InChI is InChI=1S/C17H17FN2O3/c18-17(16(22)19-11-13-5-2-1-3-6-13)8-9-20(12-17)15(21)14-7-4-10-23-14/h1-7,10H,8-9,11-12H2,(H,19,22). The van der Waals surface area contributed by atoms with E-state index in [-0.39, 0.29) is 31.8 Å². The molecule has 1 unspecified atom stereocenters. The number of amides is 2. The first kappa shape index (κ1) is 15.3. The second-order valence-electron chi connectivity index (χ2n) is 5.59. The van der Waals surface area contributed by atoms with Crippen molar-refractivity contribution < 1.29 is 18.4 Å². The number of nitrogens with one attached hydrogen (secondary N) is 1. The average molecular weight is 316 g/mol. The molecular weight excluding hydrogens is 299 g/mol. The largest absolute Gasteiger partial charge is 0.459 e. The highest BCUT2D eigenvalue weighted by Crippen LogP contribution is 2.27. The summed E-state index contributed by atoms with van der Waals surface area (Å²) >= 11 is 0. The molecule has 1 N–H and O–H groups in total. The molecule has 0 bridgehead atoms. The molecule has 23 heavy (non-hydrogen) atoms. The van der Waals surface area contributed by atoms with Gasteiger partial charge in [-0.05, 0) is 17.7 Å². The van der Waals surface area contributed by atoms with Crippen LogP contribution < -0.4 is 5.32 Å². The van der Waals surface area contributed by atoms with E-state index in [0.717, 1.165) is 5.56 Å². The highest BCUT2D eigenvalue weighted by Gasteiger charge is 2.46. The molecule has 0 saturated carbocycles. The average Bonchev–Trinajstić information content (AvgIpc) is 3.23. The molecule has 120 valence electrons. The smallest absolute Gasteiger partial charge is 0.289 e. The summed E-state index contributed by atoms with van der Waals surface area (Å²) in [6.07, 6.45) is 1.37. The predicted molar refractivity (Wildman–Crippen MR) is 81.4 cm³/mol. The molecule has 1 atom stereocenters. The molecule has 2 aromatic rings. The van der Waals surface area contributed by atoms with E-state index in [1.54, 1.807) is 6.07 Å². The van der Waals surface area contributed by atoms with Crippen molar-refractivity contribution in [3.05, 3.63) is 60.1 Å². The van der Waals surface area contributed by atoms with E-state index in [9.17, 15) is 14.0 Å². The fourth-order valence-electron chi connectivity index (χ4n) is 2.62. The van der Waals surface area contributed by atoms with Crippen LogP contribution in [-0.4, -0.2) is 35.5 Å². The van der Waals surface area contributed by atoms with Crippen LogP contribution in [0.15, 0.2) is 53.1 Å². The molecular formula is C17H17FN2O3. The highest BCUT2D eigenvalue weighted by atomic mass is 19.1. The summed E-state index contributed by atoms with van der Waals surface area (Å²) in [5.41, 5.74) is -1.16. The van der Waals surface area contributed by atoms with Crippen molar-refractivity contribution >= 4 is 11.8 Å². The number of benzene rings is 1. The van der Waals surface area contributed by atoms with Crippen LogP contribution in [0.1, 0.15) is 22.5 Å². The first-order chi connectivity index (χ1) is 11.1. The fraction of sp³-hybridized carbons (Fsp3) is 0.294. The summed E-state index contributed by atoms with van der Waals surface area (Å²) in [6, 6.07) is 12.4. The van der Waals surface area contributed by atoms with Gasteiger partial charge in [0.25, 0.3) is 11.8 Å². The van der Waals surface area contributed by atoms with Gasteiger partial charge >= 0.3 is 0 Å². The maximum absolute atomic E-state index is 14.8. The molecule has 1 fully saturated rings. The van der Waals surface area contributed by atoms with Gasteiger partial charge < -0.3 is 14.6 Å². The minimum Gasteiger partial charge on any atom is -0.459 e. The number of nitrogens with zero attached hydrogens (tertiary/aromatic N) is 1. The molecule has 1 aromatic heterocycles. The van der Waals surface area contributed by atoms with Crippen molar-refractivity contribution in [3.8, 4) is 0 Å². The maximum Gasteiger partial charge on any atom is 0.289 e. The van der Waals surface area contributed by atoms with Gasteiger partial charge in [-0.3, -0.25) is 9.59 Å². The molecule has 0 spiro atoms. The van der Waals surface area contributed by atoms with Crippen LogP contribution in [-0.2, 0) is 11.3 Å². The molecule has 0 radical (unpaired) electrons. The molecule has 1 aliphatic rings. The Hall–Kier alpha value is -2.63. The minimum absolute atomic E-state index is 0.0138. The zero-order valence-electron chi connectivity index (χ0n) is 12.5. The third-order valence-electron chi connectivity index (χ3n) is 3.94. The molecule has 6 heteroatoms. The van der Waals surface area contributed by atoms with Crippen LogP contribution in [0.5, 0.6) is 0 Å². The Morgan fingerprint density at radius 1 is 1.22 bits per heavy atom. The van der Waals surface area contributed by atoms with Crippen molar-refractivity contribution in [1.29, 1.82) is 0 Å². The Morgan fingerprint density at radius 3 is 2.70 bits per heavy atom. The van der Waals surface area contributed by atoms with Gasteiger partial charge in [-0.15, -0.1) is 0 Å². The zero-order chi connectivity index (χ0) is 16.3. The Kier molecular flexibility index (Phi) is 4.14. The quantitative estimate of drug-likeness (QED) is 0.940. The van der Waals surface area contributed by atoms with Gasteiger partial charge in [-0.2, -0.15) is 0 Å². The Bertz CT molecular complexity index is 687. The Morgan fingerprint density at radius 2 is 2.00 bits per heavy atom. The van der Waals surface area contributed by atoms with Crippen LogP contribution in [0.4, 0.5) is 4.39 Å². The van der Waals surface area contributed by atoms with E-state index in [2.05, 4.69) is 5.32 Å². The number of rotatable bonds is 4. The number of halogens is 1. The monoisotopic (exact) mass is 316 g/mol. The van der Waals surface area contributed by atoms with Crippen LogP contribution in [0.25, 0.3) is 0 Å². The summed E-state index contributed by atoms with van der Waals surface area (Å²) < 4.78 is 19.9. The van der Waals surface area contributed by atoms with E-state index in [1.807, 2.05) is 30.3 Å². The van der Waals surface area contributed by atoms with Gasteiger partial charge in [-0.1, -0.05) is 30.3 Å². The summed E-state index contributed by atoms with van der Waals surface area (Å²) in [5.74, 6) is -0.930. The van der Waals surface area contributed by atoms with Gasteiger partial charge in [0.2, 0.25) is 5.67 Å². The second kappa shape index (κ2) is 6.24. The number of furan rings is 1. The molecule has 1 aliphatic heterocycles. The van der Waals surface area contributed by atoms with Crippen LogP contribution >= 0.6 is 0 Å². The minimum atomic E-state index is -2.06. The first-order valence-electron chi connectivity index (χ1n) is 7.42. The zero-order valence-corrected chi connectivity index (χ0v) is 12.5. The van der Waals surface area contributed by atoms with E-state index >= 15 is 0 Å². The van der Waals surface area contributed by atoms with Crippen molar-refractivity contribution in [1.82, 2.24) is 10.2 Å². The summed E-state index contributed by atoms with van der Waals surface area (Å²) in [5, 5.41) is 2.60. The van der Waals surface area contributed by atoms with Crippen molar-refractivity contribution in [2.45, 2.75) is 18.6 Å². The van der Waals surface area contributed by atoms with Gasteiger partial charge in [0, 0.05) is 19.5 Å². The van der Waals surface area contributed by atoms with Crippen LogP contribution in [0, 0.1) is 0 Å². The summed E-state index contributed by atoms with van der Waals surface area (Å²) in [7, 11) is 0. The van der Waals surface area contributed by atoms with Crippen molar-refractivity contribution in [2.75, 3.05) is 13.1 Å². The van der Waals surface area contributed by atoms with E-state index in [0.29, 0.717) is 0 Å². The summed E-state index contributed by atoms with van der Waals surface area (Å²) in [4.78, 5) is 25.6. The molecule has 2 heterocycles. The lowest BCUT2D eigenvalue weighted by Crippen LogP contribution is -2.45.